The topological polar surface area (TPSA) is 196 Å². The van der Waals surface area contributed by atoms with Crippen molar-refractivity contribution in [3.8, 4) is 17.1 Å². The fourth-order valence-electron chi connectivity index (χ4n) is 4.33. The summed E-state index contributed by atoms with van der Waals surface area (Å²) in [6.07, 6.45) is 7.40. The number of aromatic nitrogens is 5. The van der Waals surface area contributed by atoms with Crippen molar-refractivity contribution in [2.24, 2.45) is 12.2 Å². The quantitative estimate of drug-likeness (QED) is 0.0781. The van der Waals surface area contributed by atoms with Gasteiger partial charge in [-0.05, 0) is 6.07 Å². The molecule has 0 aromatic carbocycles. The van der Waals surface area contributed by atoms with E-state index in [1.165, 1.54) is 28.5 Å². The van der Waals surface area contributed by atoms with E-state index in [0.717, 1.165) is 39.3 Å². The number of aryl methyl sites for hydroxylation is 1. The second kappa shape index (κ2) is 11.2. The van der Waals surface area contributed by atoms with Crippen molar-refractivity contribution in [2.45, 2.75) is 15.8 Å². The number of anilines is 1. The summed E-state index contributed by atoms with van der Waals surface area (Å²) < 4.78 is 4.28. The molecule has 0 unspecified atom stereocenters. The van der Waals surface area contributed by atoms with Gasteiger partial charge < -0.3 is 26.2 Å². The van der Waals surface area contributed by atoms with Gasteiger partial charge in [0.2, 0.25) is 0 Å². The third-order valence-corrected chi connectivity index (χ3v) is 10.4. The second-order valence-corrected chi connectivity index (χ2v) is 13.1. The van der Waals surface area contributed by atoms with Gasteiger partial charge in [-0.3, -0.25) is 19.1 Å². The van der Waals surface area contributed by atoms with Gasteiger partial charge in [0.05, 0.1) is 22.9 Å². The van der Waals surface area contributed by atoms with E-state index in [2.05, 4.69) is 25.4 Å². The van der Waals surface area contributed by atoms with Crippen LogP contribution >= 0.6 is 46.2 Å². The predicted octanol–water partition coefficient (Wildman–Crippen LogP) is 0.191. The number of oxime groups is 1. The number of carbonyl (C=O) groups is 3. The molecule has 0 radical (unpaired) electrons. The van der Waals surface area contributed by atoms with Crippen molar-refractivity contribution in [3.63, 3.8) is 0 Å². The monoisotopic (exact) mass is 641 g/mol. The van der Waals surface area contributed by atoms with Crippen molar-refractivity contribution < 1.29 is 29.3 Å². The fraction of sp³-hybridized carbons (Fsp3) is 0.167. The van der Waals surface area contributed by atoms with Crippen LogP contribution in [0.4, 0.5) is 5.13 Å². The molecule has 6 rings (SSSR count). The number of thioether (sulfide) groups is 2. The van der Waals surface area contributed by atoms with Crippen molar-refractivity contribution in [1.29, 1.82) is 0 Å². The highest BCUT2D eigenvalue weighted by Gasteiger charge is 2.53. The van der Waals surface area contributed by atoms with Gasteiger partial charge in [-0.1, -0.05) is 16.9 Å². The number of aliphatic carboxylic acids is 1. The van der Waals surface area contributed by atoms with E-state index in [9.17, 15) is 24.7 Å². The third-order valence-electron chi connectivity index (χ3n) is 6.26. The molecule has 0 spiro atoms. The first-order valence-corrected chi connectivity index (χ1v) is 15.6. The summed E-state index contributed by atoms with van der Waals surface area (Å²) in [4.78, 5) is 52.4. The average molecular weight is 642 g/mol. The van der Waals surface area contributed by atoms with Gasteiger partial charge >= 0.3 is 0 Å². The number of thiazole rings is 2. The summed E-state index contributed by atoms with van der Waals surface area (Å²) in [5.41, 5.74) is 6.68. The van der Waals surface area contributed by atoms with E-state index in [1.807, 2.05) is 47.7 Å². The van der Waals surface area contributed by atoms with Crippen molar-refractivity contribution >= 4 is 74.8 Å². The first-order chi connectivity index (χ1) is 20.2. The minimum absolute atomic E-state index is 0.0512. The highest BCUT2D eigenvalue weighted by molar-refractivity contribution is 8.07. The minimum Gasteiger partial charge on any atom is -0.543 e. The SMILES string of the molecule is C[n+]1cccc(-c2cn(-c3csc(SC4=C(C(=O)[O-])N5C(=O)[C@@H](NC(=O)/C(=N\O)c6csc(N)n6)[C@H]5SC4)n3)cn2)c1. The number of carbonyl (C=O) groups excluding carboxylic acids is 3. The predicted molar refractivity (Wildman–Crippen MR) is 154 cm³/mol. The smallest absolute Gasteiger partial charge is 0.276 e. The van der Waals surface area contributed by atoms with Crippen LogP contribution in [-0.4, -0.2) is 70.3 Å². The molecule has 0 aliphatic carbocycles. The molecule has 1 saturated heterocycles. The van der Waals surface area contributed by atoms with Gasteiger partial charge in [0.25, 0.3) is 11.8 Å². The van der Waals surface area contributed by atoms with Crippen LogP contribution < -0.4 is 20.7 Å². The number of pyridine rings is 1. The molecule has 14 nitrogen and oxygen atoms in total. The zero-order valence-corrected chi connectivity index (χ0v) is 24.7. The van der Waals surface area contributed by atoms with Gasteiger partial charge in [0.15, 0.2) is 27.6 Å². The van der Waals surface area contributed by atoms with Crippen LogP contribution in [0.25, 0.3) is 17.1 Å². The van der Waals surface area contributed by atoms with Crippen molar-refractivity contribution in [3.05, 3.63) is 64.1 Å². The van der Waals surface area contributed by atoms with Gasteiger partial charge in [-0.15, -0.1) is 34.4 Å². The summed E-state index contributed by atoms with van der Waals surface area (Å²) in [7, 11) is 1.93. The highest BCUT2D eigenvalue weighted by atomic mass is 32.2. The van der Waals surface area contributed by atoms with E-state index >= 15 is 0 Å². The molecule has 0 bridgehead atoms. The lowest BCUT2D eigenvalue weighted by atomic mass is 10.0. The van der Waals surface area contributed by atoms with Gasteiger partial charge in [0.1, 0.15) is 36.3 Å². The molecule has 42 heavy (non-hydrogen) atoms. The lowest BCUT2D eigenvalue weighted by Crippen LogP contribution is -2.71. The summed E-state index contributed by atoms with van der Waals surface area (Å²) in [5, 5.41) is 29.8. The first-order valence-electron chi connectivity index (χ1n) is 12.0. The number of carboxylic acid groups (broad SMARTS) is 1. The van der Waals surface area contributed by atoms with Crippen LogP contribution in [0.5, 0.6) is 0 Å². The van der Waals surface area contributed by atoms with E-state index in [0.29, 0.717) is 15.1 Å². The number of imidazole rings is 1. The lowest BCUT2D eigenvalue weighted by molar-refractivity contribution is -0.671. The Bertz CT molecular complexity index is 1800. The van der Waals surface area contributed by atoms with Crippen molar-refractivity contribution in [1.82, 2.24) is 29.7 Å². The standard InChI is InChI=1S/C24H19N9O5S4/c1-31-4-2-3-11(5-31)12-6-32(10-26-12)15-9-41-24(28-15)42-14-8-39-21-17(20(35)33(21)18(14)22(36)37)29-19(34)16(30-38)13-7-40-23(25)27-13/h2-7,9-10,17,21H,8H2,1H3,(H4-,25,27,29,34,36,37,38)/t17-,21-/m1/s1. The number of carboxylic acids is 1. The van der Waals surface area contributed by atoms with E-state index in [1.54, 1.807) is 10.9 Å². The van der Waals surface area contributed by atoms with Crippen molar-refractivity contribution in [2.75, 3.05) is 11.5 Å². The molecule has 2 aliphatic heterocycles. The van der Waals surface area contributed by atoms with E-state index in [4.69, 9.17) is 5.73 Å². The molecular formula is C24H19N9O5S4. The van der Waals surface area contributed by atoms with Crippen LogP contribution in [0.1, 0.15) is 5.69 Å². The molecule has 4 aromatic heterocycles. The maximum absolute atomic E-state index is 13.0. The minimum atomic E-state index is -1.51. The lowest BCUT2D eigenvalue weighted by Gasteiger charge is -2.50. The Morgan fingerprint density at radius 1 is 1.31 bits per heavy atom. The normalized spacial score (nSPS) is 18.5. The van der Waals surface area contributed by atoms with Gasteiger partial charge in [0, 0.05) is 33.7 Å². The number of nitrogens with one attached hydrogen (secondary N) is 1. The maximum Gasteiger partial charge on any atom is 0.276 e. The van der Waals surface area contributed by atoms with Crippen LogP contribution in [0, 0.1) is 0 Å². The van der Waals surface area contributed by atoms with Crippen LogP contribution in [0.2, 0.25) is 0 Å². The zero-order valence-electron chi connectivity index (χ0n) is 21.4. The number of β-lactam (4-membered cyclic amide) rings is 1. The number of nitrogens with two attached hydrogens (primary N) is 1. The number of nitrogens with zero attached hydrogens (tertiary/aromatic N) is 7. The number of fused-ring (bicyclic) bond motifs is 1. The average Bonchev–Trinajstić information content (AvgIpc) is 3.73. The molecule has 6 heterocycles. The molecule has 214 valence electrons. The molecule has 1 fully saturated rings. The Kier molecular flexibility index (Phi) is 7.43. The number of amides is 2. The molecule has 2 aliphatic rings. The Morgan fingerprint density at radius 3 is 2.86 bits per heavy atom. The van der Waals surface area contributed by atoms with Crippen LogP contribution in [0.15, 0.2) is 67.9 Å². The molecule has 4 aromatic rings. The maximum atomic E-state index is 13.0. The summed E-state index contributed by atoms with van der Waals surface area (Å²) in [5.74, 6) is -2.13. The largest absolute Gasteiger partial charge is 0.543 e. The summed E-state index contributed by atoms with van der Waals surface area (Å²) >= 11 is 4.81. The molecule has 2 amide bonds. The summed E-state index contributed by atoms with van der Waals surface area (Å²) in [6, 6.07) is 2.85. The summed E-state index contributed by atoms with van der Waals surface area (Å²) in [6.45, 7) is 0. The Labute approximate surface area is 253 Å². The third kappa shape index (κ3) is 5.13. The second-order valence-electron chi connectivity index (χ2n) is 8.94. The number of rotatable bonds is 8. The Balaban J connectivity index is 1.17. The number of nitrogen functional groups attached to an aromatic ring is 1. The fourth-order valence-corrected chi connectivity index (χ4v) is 8.31. The van der Waals surface area contributed by atoms with Gasteiger partial charge in [-0.25, -0.2) is 19.5 Å². The number of hydrogen-bond acceptors (Lipinski definition) is 14. The first kappa shape index (κ1) is 27.9. The zero-order chi connectivity index (χ0) is 29.5. The molecule has 0 saturated carbocycles. The Hall–Kier alpha value is -4.26. The van der Waals surface area contributed by atoms with E-state index < -0.39 is 34.9 Å². The number of hydrogen-bond donors (Lipinski definition) is 3. The Morgan fingerprint density at radius 2 is 2.14 bits per heavy atom. The van der Waals surface area contributed by atoms with Crippen LogP contribution in [0.3, 0.4) is 0 Å². The molecule has 4 N–H and O–H groups in total. The highest BCUT2D eigenvalue weighted by Crippen LogP contribution is 2.45. The molecular weight excluding hydrogens is 623 g/mol. The molecule has 2 atom stereocenters. The van der Waals surface area contributed by atoms with E-state index in [-0.39, 0.29) is 22.3 Å². The van der Waals surface area contributed by atoms with Crippen LogP contribution in [-0.2, 0) is 21.4 Å². The van der Waals surface area contributed by atoms with Gasteiger partial charge in [-0.2, -0.15) is 0 Å². The molecule has 18 heteroatoms.